The summed E-state index contributed by atoms with van der Waals surface area (Å²) in [4.78, 5) is -0.00453. The van der Waals surface area contributed by atoms with Crippen molar-refractivity contribution in [1.29, 1.82) is 0 Å². The lowest BCUT2D eigenvalue weighted by Crippen LogP contribution is -2.12. The lowest BCUT2D eigenvalue weighted by atomic mass is 10.0. The molecule has 0 aliphatic rings. The van der Waals surface area contributed by atoms with Crippen molar-refractivity contribution in [2.75, 3.05) is 0 Å². The van der Waals surface area contributed by atoms with E-state index < -0.39 is 10.1 Å². The van der Waals surface area contributed by atoms with Crippen LogP contribution in [0.3, 0.4) is 0 Å². The highest BCUT2D eigenvalue weighted by atomic mass is 32.2. The maximum Gasteiger partial charge on any atom is 0.344 e. The number of benzene rings is 1. The van der Waals surface area contributed by atoms with Gasteiger partial charge in [0.15, 0.2) is 10.7 Å². The molecule has 114 valence electrons. The molecule has 0 amide bonds. The zero-order valence-electron chi connectivity index (χ0n) is 12.8. The van der Waals surface area contributed by atoms with Gasteiger partial charge in [-0.15, -0.1) is 0 Å². The highest BCUT2D eigenvalue weighted by molar-refractivity contribution is 7.87. The summed E-state index contributed by atoms with van der Waals surface area (Å²) in [5, 5.41) is 3.65. The first kappa shape index (κ1) is 15.6. The van der Waals surface area contributed by atoms with Crippen molar-refractivity contribution in [3.05, 3.63) is 40.8 Å². The second kappa shape index (κ2) is 5.52. The summed E-state index contributed by atoms with van der Waals surface area (Å²) in [6.07, 6.45) is 0. The van der Waals surface area contributed by atoms with E-state index in [4.69, 9.17) is 8.71 Å². The Morgan fingerprint density at radius 3 is 2.33 bits per heavy atom. The summed E-state index contributed by atoms with van der Waals surface area (Å²) in [5.74, 6) is 0.817. The summed E-state index contributed by atoms with van der Waals surface area (Å²) in [5.41, 5.74) is 2.27. The van der Waals surface area contributed by atoms with Crippen LogP contribution in [0, 0.1) is 20.8 Å². The molecule has 5 nitrogen and oxygen atoms in total. The lowest BCUT2D eigenvalue weighted by molar-refractivity contribution is 0.389. The molecule has 0 fully saturated rings. The standard InChI is InChI=1S/C15H19NO4S/c1-9(2)13-6-10(3)7-14(8-13)20-21(17,18)15-11(4)16-19-12(15)5/h6-9H,1-5H3. The zero-order chi connectivity index (χ0) is 15.8. The molecule has 0 atom stereocenters. The molecule has 0 aliphatic carbocycles. The van der Waals surface area contributed by atoms with Crippen molar-refractivity contribution in [2.24, 2.45) is 0 Å². The van der Waals surface area contributed by atoms with E-state index in [1.54, 1.807) is 26.0 Å². The summed E-state index contributed by atoms with van der Waals surface area (Å²) in [6, 6.07) is 5.45. The monoisotopic (exact) mass is 309 g/mol. The van der Waals surface area contributed by atoms with E-state index in [2.05, 4.69) is 5.16 Å². The fourth-order valence-corrected chi connectivity index (χ4v) is 3.38. The van der Waals surface area contributed by atoms with Crippen molar-refractivity contribution in [3.63, 3.8) is 0 Å². The largest absolute Gasteiger partial charge is 0.379 e. The molecule has 0 saturated heterocycles. The molecular weight excluding hydrogens is 290 g/mol. The highest BCUT2D eigenvalue weighted by Crippen LogP contribution is 2.27. The summed E-state index contributed by atoms with van der Waals surface area (Å²) >= 11 is 0. The minimum Gasteiger partial charge on any atom is -0.379 e. The van der Waals surface area contributed by atoms with E-state index >= 15 is 0 Å². The van der Waals surface area contributed by atoms with Crippen LogP contribution in [0.15, 0.2) is 27.6 Å². The number of hydrogen-bond acceptors (Lipinski definition) is 5. The van der Waals surface area contributed by atoms with Gasteiger partial charge in [-0.25, -0.2) is 0 Å². The predicted molar refractivity (Wildman–Crippen MR) is 79.1 cm³/mol. The molecule has 6 heteroatoms. The number of rotatable bonds is 4. The zero-order valence-corrected chi connectivity index (χ0v) is 13.6. The Balaban J connectivity index is 2.42. The smallest absolute Gasteiger partial charge is 0.344 e. The van der Waals surface area contributed by atoms with Gasteiger partial charge in [0.05, 0.1) is 0 Å². The Bertz CT molecular complexity index is 740. The number of aryl methyl sites for hydroxylation is 3. The van der Waals surface area contributed by atoms with Crippen molar-refractivity contribution in [2.45, 2.75) is 45.4 Å². The average Bonchev–Trinajstić information content (AvgIpc) is 2.68. The SMILES string of the molecule is Cc1cc(OS(=O)(=O)c2c(C)noc2C)cc(C(C)C)c1. The second-order valence-electron chi connectivity index (χ2n) is 5.42. The fourth-order valence-electron chi connectivity index (χ4n) is 2.16. The molecular formula is C15H19NO4S. The van der Waals surface area contributed by atoms with Crippen molar-refractivity contribution >= 4 is 10.1 Å². The molecule has 0 N–H and O–H groups in total. The van der Waals surface area contributed by atoms with Gasteiger partial charge in [0.25, 0.3) is 0 Å². The molecule has 1 aromatic carbocycles. The van der Waals surface area contributed by atoms with Gasteiger partial charge in [-0.2, -0.15) is 8.42 Å². The van der Waals surface area contributed by atoms with Crippen LogP contribution in [-0.2, 0) is 10.1 Å². The molecule has 0 bridgehead atoms. The van der Waals surface area contributed by atoms with Gasteiger partial charge in [0.1, 0.15) is 11.4 Å². The van der Waals surface area contributed by atoms with Gasteiger partial charge in [-0.05, 0) is 49.9 Å². The van der Waals surface area contributed by atoms with Gasteiger partial charge >= 0.3 is 10.1 Å². The normalized spacial score (nSPS) is 11.9. The van der Waals surface area contributed by atoms with Crippen LogP contribution in [0.1, 0.15) is 42.3 Å². The number of aromatic nitrogens is 1. The van der Waals surface area contributed by atoms with Gasteiger partial charge in [-0.3, -0.25) is 0 Å². The molecule has 1 aromatic heterocycles. The van der Waals surface area contributed by atoms with Gasteiger partial charge in [0, 0.05) is 0 Å². The van der Waals surface area contributed by atoms with Crippen LogP contribution < -0.4 is 4.18 Å². The minimum absolute atomic E-state index is 0.00453. The van der Waals surface area contributed by atoms with Crippen LogP contribution in [-0.4, -0.2) is 13.6 Å². The Hall–Kier alpha value is -1.82. The molecule has 1 heterocycles. The predicted octanol–water partition coefficient (Wildman–Crippen LogP) is 3.49. The van der Waals surface area contributed by atoms with E-state index in [9.17, 15) is 8.42 Å². The number of hydrogen-bond donors (Lipinski definition) is 0. The molecule has 21 heavy (non-hydrogen) atoms. The molecule has 0 saturated carbocycles. The Kier molecular flexibility index (Phi) is 4.09. The van der Waals surface area contributed by atoms with Crippen LogP contribution in [0.2, 0.25) is 0 Å². The third kappa shape index (κ3) is 3.26. The highest BCUT2D eigenvalue weighted by Gasteiger charge is 2.26. The molecule has 0 unspecified atom stereocenters. The first-order valence-electron chi connectivity index (χ1n) is 6.69. The lowest BCUT2D eigenvalue weighted by Gasteiger charge is -2.11. The molecule has 2 aromatic rings. The fraction of sp³-hybridized carbons (Fsp3) is 0.400. The summed E-state index contributed by atoms with van der Waals surface area (Å²) in [7, 11) is -3.95. The maximum atomic E-state index is 12.4. The minimum atomic E-state index is -3.95. The summed E-state index contributed by atoms with van der Waals surface area (Å²) in [6.45, 7) is 9.11. The first-order chi connectivity index (χ1) is 9.70. The van der Waals surface area contributed by atoms with E-state index in [1.165, 1.54) is 0 Å². The van der Waals surface area contributed by atoms with Gasteiger partial charge in [-0.1, -0.05) is 25.1 Å². The first-order valence-corrected chi connectivity index (χ1v) is 8.10. The molecule has 0 aliphatic heterocycles. The topological polar surface area (TPSA) is 69.4 Å². The van der Waals surface area contributed by atoms with Crippen LogP contribution in [0.5, 0.6) is 5.75 Å². The van der Waals surface area contributed by atoms with E-state index in [0.717, 1.165) is 11.1 Å². The molecule has 0 radical (unpaired) electrons. The van der Waals surface area contributed by atoms with E-state index in [1.807, 2.05) is 26.8 Å². The number of nitrogens with zero attached hydrogens (tertiary/aromatic N) is 1. The van der Waals surface area contributed by atoms with Crippen molar-refractivity contribution in [3.8, 4) is 5.75 Å². The maximum absolute atomic E-state index is 12.4. The quantitative estimate of drug-likeness (QED) is 0.809. The average molecular weight is 309 g/mol. The van der Waals surface area contributed by atoms with E-state index in [-0.39, 0.29) is 16.6 Å². The Morgan fingerprint density at radius 2 is 1.81 bits per heavy atom. The van der Waals surface area contributed by atoms with Gasteiger partial charge in [0.2, 0.25) is 0 Å². The third-order valence-corrected chi connectivity index (χ3v) is 4.66. The Labute approximate surface area is 125 Å². The van der Waals surface area contributed by atoms with Gasteiger partial charge < -0.3 is 8.71 Å². The molecule has 0 spiro atoms. The van der Waals surface area contributed by atoms with Crippen LogP contribution in [0.4, 0.5) is 0 Å². The Morgan fingerprint density at radius 1 is 1.14 bits per heavy atom. The second-order valence-corrected chi connectivity index (χ2v) is 6.91. The van der Waals surface area contributed by atoms with Crippen molar-refractivity contribution in [1.82, 2.24) is 5.16 Å². The van der Waals surface area contributed by atoms with Crippen molar-refractivity contribution < 1.29 is 17.1 Å². The molecule has 2 rings (SSSR count). The van der Waals surface area contributed by atoms with Crippen LogP contribution >= 0.6 is 0 Å². The third-order valence-electron chi connectivity index (χ3n) is 3.16. The van der Waals surface area contributed by atoms with E-state index in [0.29, 0.717) is 11.4 Å². The van der Waals surface area contributed by atoms with Crippen LogP contribution in [0.25, 0.3) is 0 Å². The summed E-state index contributed by atoms with van der Waals surface area (Å²) < 4.78 is 34.9.